The van der Waals surface area contributed by atoms with E-state index in [9.17, 15) is 14.7 Å². The number of aliphatic hydroxyl groups excluding tert-OH is 1. The van der Waals surface area contributed by atoms with Crippen LogP contribution in [0, 0.1) is 11.8 Å². The summed E-state index contributed by atoms with van der Waals surface area (Å²) in [6, 6.07) is 10.1. The molecule has 0 amide bonds. The van der Waals surface area contributed by atoms with E-state index < -0.39 is 12.1 Å². The quantitative estimate of drug-likeness (QED) is 0.389. The average Bonchev–Trinajstić information content (AvgIpc) is 3.23. The van der Waals surface area contributed by atoms with Crippen molar-refractivity contribution in [2.45, 2.75) is 51.0 Å². The number of carbonyl (C=O) groups excluding carboxylic acids is 1. The summed E-state index contributed by atoms with van der Waals surface area (Å²) < 4.78 is 1.16. The van der Waals surface area contributed by atoms with Crippen molar-refractivity contribution in [1.82, 2.24) is 0 Å². The summed E-state index contributed by atoms with van der Waals surface area (Å²) >= 11 is 1.61. The maximum absolute atomic E-state index is 12.5. The van der Waals surface area contributed by atoms with Gasteiger partial charge in [0.05, 0.1) is 6.10 Å². The number of aliphatic hydroxyl groups is 1. The Kier molecular flexibility index (Phi) is 7.40. The first-order valence-electron chi connectivity index (χ1n) is 10.2. The zero-order valence-electron chi connectivity index (χ0n) is 16.5. The second kappa shape index (κ2) is 9.99. The van der Waals surface area contributed by atoms with Crippen LogP contribution in [0.15, 0.2) is 54.6 Å². The molecule has 1 aromatic carbocycles. The number of benzene rings is 1. The number of rotatable bonds is 10. The first-order chi connectivity index (χ1) is 14.0. The fourth-order valence-corrected chi connectivity index (χ4v) is 5.15. The highest BCUT2D eigenvalue weighted by Gasteiger charge is 2.36. The van der Waals surface area contributed by atoms with Crippen molar-refractivity contribution in [3.05, 3.63) is 59.5 Å². The predicted octanol–water partition coefficient (Wildman–Crippen LogP) is 5.68. The van der Waals surface area contributed by atoms with E-state index in [0.29, 0.717) is 25.7 Å². The highest BCUT2D eigenvalue weighted by atomic mass is 32.1. The largest absolute Gasteiger partial charge is 0.481 e. The SMILES string of the molecule is C=C1CC(=O)[C@H](CCC(O)c2cc3ccccc3s2)[C@H]1CC=CCCCC(=O)O. The number of hydrogen-bond donors (Lipinski definition) is 2. The maximum atomic E-state index is 12.5. The molecule has 2 aromatic rings. The molecule has 0 bridgehead atoms. The lowest BCUT2D eigenvalue weighted by molar-refractivity contribution is -0.137. The molecule has 1 saturated carbocycles. The van der Waals surface area contributed by atoms with E-state index in [-0.39, 0.29) is 24.0 Å². The summed E-state index contributed by atoms with van der Waals surface area (Å²) in [6.45, 7) is 4.10. The predicted molar refractivity (Wildman–Crippen MR) is 117 cm³/mol. The molecule has 0 aliphatic heterocycles. The van der Waals surface area contributed by atoms with E-state index in [2.05, 4.69) is 12.6 Å². The number of unbranched alkanes of at least 4 members (excludes halogenated alkanes) is 1. The number of ketones is 1. The average molecular weight is 413 g/mol. The topological polar surface area (TPSA) is 74.6 Å². The van der Waals surface area contributed by atoms with Crippen molar-refractivity contribution in [3.63, 3.8) is 0 Å². The van der Waals surface area contributed by atoms with Gasteiger partial charge in [0, 0.05) is 28.3 Å². The van der Waals surface area contributed by atoms with E-state index in [4.69, 9.17) is 5.11 Å². The van der Waals surface area contributed by atoms with Gasteiger partial charge in [0.25, 0.3) is 0 Å². The molecule has 2 N–H and O–H groups in total. The van der Waals surface area contributed by atoms with Gasteiger partial charge >= 0.3 is 5.97 Å². The Morgan fingerprint density at radius 1 is 1.28 bits per heavy atom. The molecule has 1 aromatic heterocycles. The van der Waals surface area contributed by atoms with Gasteiger partial charge in [0.2, 0.25) is 0 Å². The van der Waals surface area contributed by atoms with Crippen LogP contribution in [0.3, 0.4) is 0 Å². The van der Waals surface area contributed by atoms with E-state index >= 15 is 0 Å². The third-order valence-corrected chi connectivity index (χ3v) is 6.88. The Morgan fingerprint density at radius 3 is 2.83 bits per heavy atom. The molecule has 0 saturated heterocycles. The Balaban J connectivity index is 1.54. The van der Waals surface area contributed by atoms with Gasteiger partial charge in [-0.1, -0.05) is 42.5 Å². The van der Waals surface area contributed by atoms with Crippen molar-refractivity contribution < 1.29 is 19.8 Å². The van der Waals surface area contributed by atoms with Crippen molar-refractivity contribution >= 4 is 33.2 Å². The minimum atomic E-state index is -0.773. The molecule has 1 heterocycles. The molecular weight excluding hydrogens is 384 g/mol. The summed E-state index contributed by atoms with van der Waals surface area (Å²) in [4.78, 5) is 24.0. The van der Waals surface area contributed by atoms with Gasteiger partial charge < -0.3 is 10.2 Å². The standard InChI is InChI=1S/C24H28O4S/c1-16-14-21(26)19(18(16)9-4-2-3-5-11-24(27)28)12-13-20(25)23-15-17-8-6-7-10-22(17)29-23/h2,4,6-8,10,15,18-20,25H,1,3,5,9,11-14H2,(H,27,28)/t18-,19+,20?/m0/s1. The lowest BCUT2D eigenvalue weighted by atomic mass is 9.86. The Bertz CT molecular complexity index is 877. The van der Waals surface area contributed by atoms with Gasteiger partial charge in [0.15, 0.2) is 0 Å². The molecule has 1 aliphatic carbocycles. The van der Waals surface area contributed by atoms with Gasteiger partial charge in [-0.3, -0.25) is 9.59 Å². The van der Waals surface area contributed by atoms with E-state index in [1.165, 1.54) is 0 Å². The van der Waals surface area contributed by atoms with E-state index in [1.54, 1.807) is 11.3 Å². The van der Waals surface area contributed by atoms with E-state index in [0.717, 1.165) is 33.4 Å². The van der Waals surface area contributed by atoms with Crippen LogP contribution < -0.4 is 0 Å². The Hall–Kier alpha value is -2.24. The zero-order valence-corrected chi connectivity index (χ0v) is 17.4. The minimum Gasteiger partial charge on any atom is -0.481 e. The summed E-state index contributed by atoms with van der Waals surface area (Å²) in [5.74, 6) is -0.517. The number of carboxylic acids is 1. The lowest BCUT2D eigenvalue weighted by Crippen LogP contribution is -2.16. The Labute approximate surface area is 175 Å². The molecular formula is C24H28O4S. The van der Waals surface area contributed by atoms with Gasteiger partial charge in [-0.05, 0) is 55.5 Å². The van der Waals surface area contributed by atoms with E-state index in [1.807, 2.05) is 36.4 Å². The maximum Gasteiger partial charge on any atom is 0.303 e. The minimum absolute atomic E-state index is 0.0878. The molecule has 5 heteroatoms. The number of thiophene rings is 1. The number of carboxylic acid groups (broad SMARTS) is 1. The van der Waals surface area contributed by atoms with Crippen molar-refractivity contribution in [3.8, 4) is 0 Å². The van der Waals surface area contributed by atoms with Gasteiger partial charge in [-0.15, -0.1) is 11.3 Å². The normalized spacial score (nSPS) is 20.7. The van der Waals surface area contributed by atoms with Crippen molar-refractivity contribution in [2.24, 2.45) is 11.8 Å². The number of allylic oxidation sites excluding steroid dienone is 3. The first-order valence-corrected chi connectivity index (χ1v) is 11.0. The van der Waals surface area contributed by atoms with Crippen molar-refractivity contribution in [1.29, 1.82) is 0 Å². The van der Waals surface area contributed by atoms with Crippen LogP contribution in [-0.2, 0) is 9.59 Å². The van der Waals surface area contributed by atoms with Crippen molar-refractivity contribution in [2.75, 3.05) is 0 Å². The zero-order chi connectivity index (χ0) is 20.8. The van der Waals surface area contributed by atoms with Gasteiger partial charge in [0.1, 0.15) is 5.78 Å². The number of hydrogen-bond acceptors (Lipinski definition) is 4. The number of fused-ring (bicyclic) bond motifs is 1. The number of Topliss-reactive ketones (excluding diaryl/α,β-unsaturated/α-hetero) is 1. The molecule has 0 radical (unpaired) electrons. The number of aliphatic carboxylic acids is 1. The molecule has 0 spiro atoms. The highest BCUT2D eigenvalue weighted by Crippen LogP contribution is 2.40. The van der Waals surface area contributed by atoms with Gasteiger partial charge in [-0.2, -0.15) is 0 Å². The smallest absolute Gasteiger partial charge is 0.303 e. The molecule has 29 heavy (non-hydrogen) atoms. The van der Waals surface area contributed by atoms with Crippen LogP contribution in [0.1, 0.15) is 55.9 Å². The second-order valence-electron chi connectivity index (χ2n) is 7.79. The summed E-state index contributed by atoms with van der Waals surface area (Å²) in [5.41, 5.74) is 0.978. The molecule has 4 nitrogen and oxygen atoms in total. The molecule has 154 valence electrons. The number of carbonyl (C=O) groups is 2. The summed E-state index contributed by atoms with van der Waals surface area (Å²) in [5, 5.41) is 20.5. The third-order valence-electron chi connectivity index (χ3n) is 5.67. The molecule has 1 unspecified atom stereocenters. The molecule has 3 atom stereocenters. The Morgan fingerprint density at radius 2 is 2.07 bits per heavy atom. The second-order valence-corrected chi connectivity index (χ2v) is 8.90. The monoisotopic (exact) mass is 412 g/mol. The molecule has 3 rings (SSSR count). The molecule has 1 aliphatic rings. The van der Waals surface area contributed by atoms with Crippen LogP contribution >= 0.6 is 11.3 Å². The fraction of sp³-hybridized carbons (Fsp3) is 0.417. The van der Waals surface area contributed by atoms with Crippen LogP contribution in [0.25, 0.3) is 10.1 Å². The summed E-state index contributed by atoms with van der Waals surface area (Å²) in [7, 11) is 0. The fourth-order valence-electron chi connectivity index (χ4n) is 4.07. The highest BCUT2D eigenvalue weighted by molar-refractivity contribution is 7.19. The summed E-state index contributed by atoms with van der Waals surface area (Å²) in [6.07, 6.45) is 7.44. The van der Waals surface area contributed by atoms with Crippen LogP contribution in [0.4, 0.5) is 0 Å². The van der Waals surface area contributed by atoms with Crippen LogP contribution in [-0.4, -0.2) is 22.0 Å². The van der Waals surface area contributed by atoms with Crippen LogP contribution in [0.2, 0.25) is 0 Å². The van der Waals surface area contributed by atoms with Crippen LogP contribution in [0.5, 0.6) is 0 Å². The lowest BCUT2D eigenvalue weighted by Gasteiger charge is -2.19. The molecule has 1 fully saturated rings. The third kappa shape index (κ3) is 5.64. The van der Waals surface area contributed by atoms with Gasteiger partial charge in [-0.25, -0.2) is 0 Å². The first kappa shape index (κ1) is 21.5.